The van der Waals surface area contributed by atoms with Gasteiger partial charge in [-0.2, -0.15) is 0 Å². The first-order valence-corrected chi connectivity index (χ1v) is 7.29. The Morgan fingerprint density at radius 1 is 1.00 bits per heavy atom. The van der Waals surface area contributed by atoms with Crippen LogP contribution in [0.2, 0.25) is 0 Å². The first-order chi connectivity index (χ1) is 10.6. The molecule has 0 saturated heterocycles. The normalized spacial score (nSPS) is 10.4. The lowest BCUT2D eigenvalue weighted by molar-refractivity contribution is 0.472. The number of aromatic hydroxyl groups is 2. The van der Waals surface area contributed by atoms with E-state index in [1.807, 2.05) is 6.07 Å². The molecule has 3 rings (SSSR count). The van der Waals surface area contributed by atoms with E-state index in [9.17, 15) is 10.2 Å². The molecular formula is C16H12BrN3O2. The summed E-state index contributed by atoms with van der Waals surface area (Å²) >= 11 is 3.23. The molecule has 22 heavy (non-hydrogen) atoms. The quantitative estimate of drug-likeness (QED) is 0.658. The van der Waals surface area contributed by atoms with Gasteiger partial charge in [0.05, 0.1) is 10.2 Å². The number of nitrogens with zero attached hydrogens (tertiary/aromatic N) is 2. The third-order valence-electron chi connectivity index (χ3n) is 3.00. The van der Waals surface area contributed by atoms with Crippen molar-refractivity contribution in [2.24, 2.45) is 0 Å². The molecule has 3 N–H and O–H groups in total. The van der Waals surface area contributed by atoms with Gasteiger partial charge >= 0.3 is 0 Å². The molecule has 0 radical (unpaired) electrons. The van der Waals surface area contributed by atoms with Crippen LogP contribution in [0.5, 0.6) is 11.5 Å². The summed E-state index contributed by atoms with van der Waals surface area (Å²) in [5.74, 6) is 0.722. The first kappa shape index (κ1) is 14.3. The molecule has 110 valence electrons. The van der Waals surface area contributed by atoms with Gasteiger partial charge in [0, 0.05) is 23.5 Å². The Morgan fingerprint density at radius 2 is 1.86 bits per heavy atom. The SMILES string of the molecule is Oc1cccc(-c2ccnc(Nc3ccc(Br)c(O)c3)n2)c1. The van der Waals surface area contributed by atoms with E-state index < -0.39 is 0 Å². The number of hydrogen-bond donors (Lipinski definition) is 3. The number of phenols is 2. The van der Waals surface area contributed by atoms with Gasteiger partial charge in [0.1, 0.15) is 11.5 Å². The molecule has 3 aromatic rings. The number of anilines is 2. The van der Waals surface area contributed by atoms with Crippen LogP contribution in [0.3, 0.4) is 0 Å². The van der Waals surface area contributed by atoms with E-state index in [1.54, 1.807) is 48.7 Å². The Hall–Kier alpha value is -2.60. The summed E-state index contributed by atoms with van der Waals surface area (Å²) in [6.45, 7) is 0. The summed E-state index contributed by atoms with van der Waals surface area (Å²) in [7, 11) is 0. The van der Waals surface area contributed by atoms with Gasteiger partial charge in [0.2, 0.25) is 5.95 Å². The molecule has 0 unspecified atom stereocenters. The zero-order valence-electron chi connectivity index (χ0n) is 11.4. The van der Waals surface area contributed by atoms with Gasteiger partial charge in [-0.05, 0) is 46.3 Å². The Bertz CT molecular complexity index is 824. The fourth-order valence-corrected chi connectivity index (χ4v) is 2.21. The minimum atomic E-state index is 0.133. The van der Waals surface area contributed by atoms with Gasteiger partial charge < -0.3 is 15.5 Å². The van der Waals surface area contributed by atoms with Crippen LogP contribution in [-0.2, 0) is 0 Å². The van der Waals surface area contributed by atoms with Crippen LogP contribution in [0.4, 0.5) is 11.6 Å². The fourth-order valence-electron chi connectivity index (χ4n) is 1.96. The van der Waals surface area contributed by atoms with Crippen molar-refractivity contribution in [3.63, 3.8) is 0 Å². The van der Waals surface area contributed by atoms with E-state index in [0.29, 0.717) is 21.8 Å². The van der Waals surface area contributed by atoms with Crippen LogP contribution < -0.4 is 5.32 Å². The number of rotatable bonds is 3. The van der Waals surface area contributed by atoms with Crippen LogP contribution in [0, 0.1) is 0 Å². The number of phenolic OH excluding ortho intramolecular Hbond substituents is 2. The van der Waals surface area contributed by atoms with Crippen molar-refractivity contribution in [2.75, 3.05) is 5.32 Å². The van der Waals surface area contributed by atoms with Crippen molar-refractivity contribution in [3.8, 4) is 22.8 Å². The second-order valence-electron chi connectivity index (χ2n) is 4.61. The first-order valence-electron chi connectivity index (χ1n) is 6.50. The number of aromatic nitrogens is 2. The minimum Gasteiger partial charge on any atom is -0.508 e. The van der Waals surface area contributed by atoms with E-state index in [2.05, 4.69) is 31.2 Å². The number of nitrogens with one attached hydrogen (secondary N) is 1. The molecule has 0 aliphatic rings. The maximum absolute atomic E-state index is 9.69. The van der Waals surface area contributed by atoms with Gasteiger partial charge in [-0.3, -0.25) is 0 Å². The van der Waals surface area contributed by atoms with Crippen LogP contribution in [0.1, 0.15) is 0 Å². The predicted molar refractivity (Wildman–Crippen MR) is 88.2 cm³/mol. The lowest BCUT2D eigenvalue weighted by Gasteiger charge is -2.08. The lowest BCUT2D eigenvalue weighted by Crippen LogP contribution is -1.97. The molecule has 0 aliphatic carbocycles. The Morgan fingerprint density at radius 3 is 2.64 bits per heavy atom. The molecule has 0 fully saturated rings. The van der Waals surface area contributed by atoms with Crippen LogP contribution in [0.25, 0.3) is 11.3 Å². The number of benzene rings is 2. The maximum atomic E-state index is 9.69. The number of halogens is 1. The zero-order chi connectivity index (χ0) is 15.5. The third-order valence-corrected chi connectivity index (χ3v) is 3.67. The second kappa shape index (κ2) is 6.03. The standard InChI is InChI=1S/C16H12BrN3O2/c17-13-5-4-11(9-15(13)22)19-16-18-7-6-14(20-16)10-2-1-3-12(21)8-10/h1-9,21-22H,(H,18,19,20). The van der Waals surface area contributed by atoms with Crippen LogP contribution in [-0.4, -0.2) is 20.2 Å². The van der Waals surface area contributed by atoms with Crippen molar-refractivity contribution >= 4 is 27.6 Å². The molecule has 0 spiro atoms. The summed E-state index contributed by atoms with van der Waals surface area (Å²) in [5.41, 5.74) is 2.16. The van der Waals surface area contributed by atoms with E-state index in [0.717, 1.165) is 5.56 Å². The van der Waals surface area contributed by atoms with Crippen molar-refractivity contribution < 1.29 is 10.2 Å². The van der Waals surface area contributed by atoms with Crippen LogP contribution >= 0.6 is 15.9 Å². The average Bonchev–Trinajstić information content (AvgIpc) is 2.51. The molecule has 0 saturated carbocycles. The second-order valence-corrected chi connectivity index (χ2v) is 5.46. The van der Waals surface area contributed by atoms with Crippen LogP contribution in [0.15, 0.2) is 59.2 Å². The molecule has 5 nitrogen and oxygen atoms in total. The smallest absolute Gasteiger partial charge is 0.227 e. The van der Waals surface area contributed by atoms with Gasteiger partial charge in [0.15, 0.2) is 0 Å². The summed E-state index contributed by atoms with van der Waals surface area (Å²) in [6, 6.07) is 13.7. The third kappa shape index (κ3) is 3.17. The fraction of sp³-hybridized carbons (Fsp3) is 0. The topological polar surface area (TPSA) is 78.3 Å². The summed E-state index contributed by atoms with van der Waals surface area (Å²) in [5, 5.41) is 22.3. The highest BCUT2D eigenvalue weighted by atomic mass is 79.9. The Balaban J connectivity index is 1.89. The van der Waals surface area contributed by atoms with Gasteiger partial charge in [-0.1, -0.05) is 12.1 Å². The maximum Gasteiger partial charge on any atom is 0.227 e. The Kier molecular flexibility index (Phi) is 3.93. The highest BCUT2D eigenvalue weighted by Crippen LogP contribution is 2.28. The van der Waals surface area contributed by atoms with E-state index >= 15 is 0 Å². The van der Waals surface area contributed by atoms with Gasteiger partial charge in [0.25, 0.3) is 0 Å². The summed E-state index contributed by atoms with van der Waals surface area (Å²) < 4.78 is 0.618. The van der Waals surface area contributed by atoms with Gasteiger partial charge in [-0.25, -0.2) is 9.97 Å². The monoisotopic (exact) mass is 357 g/mol. The molecule has 0 amide bonds. The van der Waals surface area contributed by atoms with Gasteiger partial charge in [-0.15, -0.1) is 0 Å². The predicted octanol–water partition coefficient (Wildman–Crippen LogP) is 4.06. The molecule has 6 heteroatoms. The molecule has 1 heterocycles. The molecule has 1 aromatic heterocycles. The summed E-state index contributed by atoms with van der Waals surface area (Å²) in [6.07, 6.45) is 1.63. The van der Waals surface area contributed by atoms with Crippen molar-refractivity contribution in [1.82, 2.24) is 9.97 Å². The van der Waals surface area contributed by atoms with E-state index in [4.69, 9.17) is 0 Å². The number of hydrogen-bond acceptors (Lipinski definition) is 5. The zero-order valence-corrected chi connectivity index (χ0v) is 12.9. The minimum absolute atomic E-state index is 0.133. The highest BCUT2D eigenvalue weighted by Gasteiger charge is 2.05. The molecule has 2 aromatic carbocycles. The molecule has 0 aliphatic heterocycles. The highest BCUT2D eigenvalue weighted by molar-refractivity contribution is 9.10. The van der Waals surface area contributed by atoms with Crippen molar-refractivity contribution in [2.45, 2.75) is 0 Å². The molecule has 0 atom stereocenters. The van der Waals surface area contributed by atoms with E-state index in [1.165, 1.54) is 0 Å². The Labute approximate surface area is 135 Å². The molecular weight excluding hydrogens is 346 g/mol. The summed E-state index contributed by atoms with van der Waals surface area (Å²) in [4.78, 5) is 8.56. The largest absolute Gasteiger partial charge is 0.508 e. The molecule has 0 bridgehead atoms. The van der Waals surface area contributed by atoms with E-state index in [-0.39, 0.29) is 11.5 Å². The van der Waals surface area contributed by atoms with Crippen molar-refractivity contribution in [3.05, 3.63) is 59.2 Å². The lowest BCUT2D eigenvalue weighted by atomic mass is 10.1. The van der Waals surface area contributed by atoms with Crippen molar-refractivity contribution in [1.29, 1.82) is 0 Å². The average molecular weight is 358 g/mol.